The van der Waals surface area contributed by atoms with Gasteiger partial charge in [-0.25, -0.2) is 13.1 Å². The number of thioether (sulfide) groups is 1. The third-order valence-electron chi connectivity index (χ3n) is 2.96. The van der Waals surface area contributed by atoms with E-state index in [-0.39, 0.29) is 10.8 Å². The molecule has 0 aliphatic rings. The first-order valence-electron chi connectivity index (χ1n) is 7.12. The van der Waals surface area contributed by atoms with E-state index < -0.39 is 10.0 Å². The van der Waals surface area contributed by atoms with Crippen LogP contribution >= 0.6 is 23.4 Å². The highest BCUT2D eigenvalue weighted by Crippen LogP contribution is 2.20. The molecule has 2 rings (SSSR count). The molecule has 0 aliphatic carbocycles. The topological polar surface area (TPSA) is 75.3 Å². The molecule has 0 aliphatic heterocycles. The molecule has 0 saturated carbocycles. The highest BCUT2D eigenvalue weighted by atomic mass is 35.5. The molecule has 0 spiro atoms. The Kier molecular flexibility index (Phi) is 6.68. The standard InChI is InChI=1S/C16H17ClN2O3S2/c1-12(20)19-14-4-8-16(9-5-14)24(21,22)18-10-11-23-15-6-2-13(17)3-7-15/h2-9,18H,10-11H2,1H3,(H,19,20). The monoisotopic (exact) mass is 384 g/mol. The Morgan fingerprint density at radius 2 is 1.71 bits per heavy atom. The van der Waals surface area contributed by atoms with Crippen molar-refractivity contribution in [3.8, 4) is 0 Å². The summed E-state index contributed by atoms with van der Waals surface area (Å²) in [6.45, 7) is 1.70. The largest absolute Gasteiger partial charge is 0.326 e. The van der Waals surface area contributed by atoms with Gasteiger partial charge in [0.05, 0.1) is 4.90 Å². The van der Waals surface area contributed by atoms with E-state index in [1.807, 2.05) is 12.1 Å². The highest BCUT2D eigenvalue weighted by molar-refractivity contribution is 7.99. The van der Waals surface area contributed by atoms with Crippen LogP contribution < -0.4 is 10.0 Å². The Labute approximate surface area is 150 Å². The number of hydrogen-bond acceptors (Lipinski definition) is 4. The predicted octanol–water partition coefficient (Wildman–Crippen LogP) is 3.37. The van der Waals surface area contributed by atoms with Crippen LogP contribution in [0.1, 0.15) is 6.92 Å². The molecular formula is C16H17ClN2O3S2. The average Bonchev–Trinajstić information content (AvgIpc) is 2.53. The number of benzene rings is 2. The van der Waals surface area contributed by atoms with Crippen molar-refractivity contribution in [2.24, 2.45) is 0 Å². The first kappa shape index (κ1) is 18.8. The SMILES string of the molecule is CC(=O)Nc1ccc(S(=O)(=O)NCCSc2ccc(Cl)cc2)cc1. The van der Waals surface area contributed by atoms with Gasteiger partial charge < -0.3 is 5.32 Å². The van der Waals surface area contributed by atoms with Crippen LogP contribution in [-0.4, -0.2) is 26.6 Å². The number of halogens is 1. The smallest absolute Gasteiger partial charge is 0.240 e. The Balaban J connectivity index is 1.86. The molecule has 2 N–H and O–H groups in total. The molecule has 5 nitrogen and oxygen atoms in total. The van der Waals surface area contributed by atoms with Crippen molar-refractivity contribution in [1.29, 1.82) is 0 Å². The van der Waals surface area contributed by atoms with Crippen molar-refractivity contribution < 1.29 is 13.2 Å². The van der Waals surface area contributed by atoms with Crippen molar-refractivity contribution in [3.63, 3.8) is 0 Å². The Morgan fingerprint density at radius 1 is 1.08 bits per heavy atom. The van der Waals surface area contributed by atoms with Crippen LogP contribution in [0.4, 0.5) is 5.69 Å². The lowest BCUT2D eigenvalue weighted by atomic mass is 10.3. The maximum Gasteiger partial charge on any atom is 0.240 e. The number of amides is 1. The van der Waals surface area contributed by atoms with E-state index in [1.54, 1.807) is 36.0 Å². The molecule has 0 atom stereocenters. The van der Waals surface area contributed by atoms with Crippen molar-refractivity contribution >= 4 is 45.0 Å². The fourth-order valence-electron chi connectivity index (χ4n) is 1.88. The highest BCUT2D eigenvalue weighted by Gasteiger charge is 2.13. The van der Waals surface area contributed by atoms with Gasteiger partial charge in [0.15, 0.2) is 0 Å². The molecule has 0 bridgehead atoms. The normalized spacial score (nSPS) is 11.2. The first-order valence-corrected chi connectivity index (χ1v) is 9.97. The van der Waals surface area contributed by atoms with E-state index >= 15 is 0 Å². The zero-order valence-corrected chi connectivity index (χ0v) is 15.3. The van der Waals surface area contributed by atoms with Crippen LogP contribution in [0.2, 0.25) is 5.02 Å². The molecule has 0 aromatic heterocycles. The number of anilines is 1. The van der Waals surface area contributed by atoms with Crippen LogP contribution in [0.3, 0.4) is 0 Å². The number of sulfonamides is 1. The van der Waals surface area contributed by atoms with Crippen molar-refractivity contribution in [3.05, 3.63) is 53.6 Å². The molecule has 8 heteroatoms. The Hall–Kier alpha value is -1.54. The lowest BCUT2D eigenvalue weighted by molar-refractivity contribution is -0.114. The summed E-state index contributed by atoms with van der Waals surface area (Å²) in [5.41, 5.74) is 0.555. The van der Waals surface area contributed by atoms with E-state index in [2.05, 4.69) is 10.0 Å². The summed E-state index contributed by atoms with van der Waals surface area (Å²) in [4.78, 5) is 12.1. The maximum absolute atomic E-state index is 12.2. The molecular weight excluding hydrogens is 368 g/mol. The maximum atomic E-state index is 12.2. The summed E-state index contributed by atoms with van der Waals surface area (Å²) < 4.78 is 26.9. The fourth-order valence-corrected chi connectivity index (χ4v) is 3.94. The van der Waals surface area contributed by atoms with E-state index in [9.17, 15) is 13.2 Å². The number of hydrogen-bond donors (Lipinski definition) is 2. The second kappa shape index (κ2) is 8.53. The molecule has 2 aromatic rings. The van der Waals surface area contributed by atoms with Gasteiger partial charge in [-0.15, -0.1) is 11.8 Å². The molecule has 2 aromatic carbocycles. The summed E-state index contributed by atoms with van der Waals surface area (Å²) in [6, 6.07) is 13.4. The second-order valence-corrected chi connectivity index (χ2v) is 8.28. The van der Waals surface area contributed by atoms with E-state index in [0.717, 1.165) is 4.90 Å². The van der Waals surface area contributed by atoms with Crippen molar-refractivity contribution in [2.45, 2.75) is 16.7 Å². The van der Waals surface area contributed by atoms with E-state index in [1.165, 1.54) is 19.1 Å². The predicted molar refractivity (Wildman–Crippen MR) is 98.1 cm³/mol. The first-order chi connectivity index (χ1) is 11.4. The molecule has 0 heterocycles. The van der Waals surface area contributed by atoms with Crippen molar-refractivity contribution in [1.82, 2.24) is 4.72 Å². The van der Waals surface area contributed by atoms with Gasteiger partial charge in [0.25, 0.3) is 0 Å². The van der Waals surface area contributed by atoms with Gasteiger partial charge in [0.2, 0.25) is 15.9 Å². The summed E-state index contributed by atoms with van der Waals surface area (Å²) in [5, 5.41) is 3.26. The summed E-state index contributed by atoms with van der Waals surface area (Å²) in [6.07, 6.45) is 0. The quantitative estimate of drug-likeness (QED) is 0.567. The third-order valence-corrected chi connectivity index (χ3v) is 5.70. The van der Waals surface area contributed by atoms with Crippen LogP contribution in [0.15, 0.2) is 58.3 Å². The van der Waals surface area contributed by atoms with Crippen molar-refractivity contribution in [2.75, 3.05) is 17.6 Å². The van der Waals surface area contributed by atoms with Gasteiger partial charge in [-0.3, -0.25) is 4.79 Å². The molecule has 24 heavy (non-hydrogen) atoms. The summed E-state index contributed by atoms with van der Waals surface area (Å²) in [5.74, 6) is 0.396. The molecule has 0 saturated heterocycles. The van der Waals surface area contributed by atoms with Gasteiger partial charge in [-0.1, -0.05) is 11.6 Å². The van der Waals surface area contributed by atoms with Gasteiger partial charge >= 0.3 is 0 Å². The van der Waals surface area contributed by atoms with Gasteiger partial charge in [0, 0.05) is 34.8 Å². The molecule has 1 amide bonds. The van der Waals surface area contributed by atoms with Crippen LogP contribution in [0, 0.1) is 0 Å². The Morgan fingerprint density at radius 3 is 2.29 bits per heavy atom. The van der Waals surface area contributed by atoms with E-state index in [4.69, 9.17) is 11.6 Å². The molecule has 0 radical (unpaired) electrons. The summed E-state index contributed by atoms with van der Waals surface area (Å²) >= 11 is 7.36. The average molecular weight is 385 g/mol. The summed E-state index contributed by atoms with van der Waals surface area (Å²) in [7, 11) is -3.56. The van der Waals surface area contributed by atoms with E-state index in [0.29, 0.717) is 23.0 Å². The Bertz CT molecular complexity index is 791. The zero-order valence-electron chi connectivity index (χ0n) is 13.0. The number of rotatable bonds is 7. The minimum atomic E-state index is -3.56. The number of carbonyl (C=O) groups is 1. The minimum absolute atomic E-state index is 0.160. The zero-order chi connectivity index (χ0) is 17.6. The van der Waals surface area contributed by atoms with Crippen LogP contribution in [0.5, 0.6) is 0 Å². The minimum Gasteiger partial charge on any atom is -0.326 e. The lowest BCUT2D eigenvalue weighted by Crippen LogP contribution is -2.26. The van der Waals surface area contributed by atoms with Crippen LogP contribution in [0.25, 0.3) is 0 Å². The van der Waals surface area contributed by atoms with Crippen LogP contribution in [-0.2, 0) is 14.8 Å². The fraction of sp³-hybridized carbons (Fsp3) is 0.188. The molecule has 0 fully saturated rings. The second-order valence-electron chi connectivity index (χ2n) is 4.91. The lowest BCUT2D eigenvalue weighted by Gasteiger charge is -2.08. The van der Waals surface area contributed by atoms with Gasteiger partial charge in [-0.05, 0) is 48.5 Å². The van der Waals surface area contributed by atoms with Gasteiger partial charge in [0.1, 0.15) is 0 Å². The molecule has 0 unspecified atom stereocenters. The number of nitrogens with one attached hydrogen (secondary N) is 2. The molecule has 128 valence electrons. The third kappa shape index (κ3) is 5.83. The van der Waals surface area contributed by atoms with Gasteiger partial charge in [-0.2, -0.15) is 0 Å². The number of carbonyl (C=O) groups excluding carboxylic acids is 1.